The maximum atomic E-state index is 11.3. The predicted octanol–water partition coefficient (Wildman–Crippen LogP) is 2.21. The van der Waals surface area contributed by atoms with Gasteiger partial charge in [-0.3, -0.25) is 0 Å². The third kappa shape index (κ3) is 4.67. The Morgan fingerprint density at radius 3 is 2.60 bits per heavy atom. The number of alkyl halides is 1. The number of rotatable bonds is 3. The molecule has 0 bridgehead atoms. The lowest BCUT2D eigenvalue weighted by Gasteiger charge is -2.10. The maximum Gasteiger partial charge on any atom is 0.320 e. The van der Waals surface area contributed by atoms with Gasteiger partial charge in [-0.2, -0.15) is 0 Å². The average Bonchev–Trinajstić information content (AvgIpc) is 2.21. The molecule has 0 fully saturated rings. The first-order valence-corrected chi connectivity index (χ1v) is 5.82. The number of hydrogen-bond donors (Lipinski definition) is 3. The summed E-state index contributed by atoms with van der Waals surface area (Å²) < 4.78 is -0.296. The van der Waals surface area contributed by atoms with E-state index in [0.717, 1.165) is 0 Å². The van der Waals surface area contributed by atoms with Crippen LogP contribution in [0.4, 0.5) is 10.5 Å². The van der Waals surface area contributed by atoms with Crippen molar-refractivity contribution in [2.75, 3.05) is 11.9 Å². The van der Waals surface area contributed by atoms with Crippen molar-refractivity contribution in [2.45, 2.75) is 4.05 Å². The molecule has 82 valence electrons. The van der Waals surface area contributed by atoms with Gasteiger partial charge >= 0.3 is 6.03 Å². The van der Waals surface area contributed by atoms with Crippen molar-refractivity contribution in [1.29, 1.82) is 0 Å². The SMILES string of the molecule is O=C(Nc1ccc(Cl)cc1)N[C@@H](I)CO. The van der Waals surface area contributed by atoms with Crippen LogP contribution >= 0.6 is 34.2 Å². The fourth-order valence-electron chi connectivity index (χ4n) is 0.888. The van der Waals surface area contributed by atoms with Gasteiger partial charge in [-0.25, -0.2) is 4.79 Å². The van der Waals surface area contributed by atoms with Crippen molar-refractivity contribution in [2.24, 2.45) is 0 Å². The van der Waals surface area contributed by atoms with E-state index in [0.29, 0.717) is 10.7 Å². The first kappa shape index (κ1) is 12.5. The largest absolute Gasteiger partial charge is 0.393 e. The van der Waals surface area contributed by atoms with Gasteiger partial charge in [-0.05, 0) is 24.3 Å². The lowest BCUT2D eigenvalue weighted by molar-refractivity contribution is 0.243. The number of nitrogens with one attached hydrogen (secondary N) is 2. The maximum absolute atomic E-state index is 11.3. The number of urea groups is 1. The minimum absolute atomic E-state index is 0.103. The minimum Gasteiger partial charge on any atom is -0.393 e. The number of aliphatic hydroxyl groups is 1. The normalized spacial score (nSPS) is 11.9. The molecule has 3 N–H and O–H groups in total. The van der Waals surface area contributed by atoms with Crippen molar-refractivity contribution in [3.63, 3.8) is 0 Å². The molecular weight excluding hydrogens is 330 g/mol. The molecule has 1 aromatic carbocycles. The van der Waals surface area contributed by atoms with Crippen LogP contribution < -0.4 is 10.6 Å². The highest BCUT2D eigenvalue weighted by molar-refractivity contribution is 14.1. The van der Waals surface area contributed by atoms with Gasteiger partial charge in [-0.1, -0.05) is 34.2 Å². The predicted molar refractivity (Wildman–Crippen MR) is 68.5 cm³/mol. The lowest BCUT2D eigenvalue weighted by Crippen LogP contribution is -2.36. The van der Waals surface area contributed by atoms with E-state index in [2.05, 4.69) is 10.6 Å². The van der Waals surface area contributed by atoms with Gasteiger partial charge in [-0.15, -0.1) is 0 Å². The molecule has 0 aliphatic heterocycles. The Morgan fingerprint density at radius 2 is 2.07 bits per heavy atom. The molecule has 0 aliphatic rings. The van der Waals surface area contributed by atoms with Crippen molar-refractivity contribution >= 4 is 45.9 Å². The van der Waals surface area contributed by atoms with E-state index in [1.165, 1.54) is 0 Å². The third-order valence-corrected chi connectivity index (χ3v) is 2.51. The highest BCUT2D eigenvalue weighted by Crippen LogP contribution is 2.13. The van der Waals surface area contributed by atoms with Gasteiger partial charge in [0.25, 0.3) is 0 Å². The molecule has 1 atom stereocenters. The molecule has 0 saturated heterocycles. The zero-order chi connectivity index (χ0) is 11.3. The molecule has 0 saturated carbocycles. The Bertz CT molecular complexity index is 331. The summed E-state index contributed by atoms with van der Waals surface area (Å²) in [4.78, 5) is 11.3. The molecule has 1 rings (SSSR count). The minimum atomic E-state index is -0.356. The summed E-state index contributed by atoms with van der Waals surface area (Å²) in [5.74, 6) is 0. The molecule has 0 aliphatic carbocycles. The summed E-state index contributed by atoms with van der Waals surface area (Å²) in [7, 11) is 0. The van der Waals surface area contributed by atoms with E-state index in [9.17, 15) is 4.79 Å². The van der Waals surface area contributed by atoms with Crippen molar-refractivity contribution < 1.29 is 9.90 Å². The number of anilines is 1. The molecular formula is C9H10ClIN2O2. The second-order valence-corrected chi connectivity index (χ2v) is 4.70. The van der Waals surface area contributed by atoms with E-state index in [-0.39, 0.29) is 16.7 Å². The monoisotopic (exact) mass is 340 g/mol. The fraction of sp³-hybridized carbons (Fsp3) is 0.222. The summed E-state index contributed by atoms with van der Waals surface area (Å²) in [6.07, 6.45) is 0. The Kier molecular flexibility index (Phi) is 5.13. The van der Waals surface area contributed by atoms with E-state index >= 15 is 0 Å². The van der Waals surface area contributed by atoms with E-state index in [4.69, 9.17) is 16.7 Å². The molecule has 4 nitrogen and oxygen atoms in total. The Labute approximate surface area is 106 Å². The zero-order valence-electron chi connectivity index (χ0n) is 7.71. The molecule has 1 aromatic rings. The third-order valence-electron chi connectivity index (χ3n) is 1.55. The number of carbonyl (C=O) groups is 1. The van der Waals surface area contributed by atoms with Crippen molar-refractivity contribution in [1.82, 2.24) is 5.32 Å². The summed E-state index contributed by atoms with van der Waals surface area (Å²) >= 11 is 7.62. The number of benzene rings is 1. The molecule has 0 unspecified atom stereocenters. The number of aliphatic hydroxyl groups excluding tert-OH is 1. The van der Waals surface area contributed by atoms with E-state index in [1.807, 2.05) is 22.6 Å². The topological polar surface area (TPSA) is 61.4 Å². The molecule has 15 heavy (non-hydrogen) atoms. The van der Waals surface area contributed by atoms with Gasteiger partial charge in [0.15, 0.2) is 0 Å². The summed E-state index contributed by atoms with van der Waals surface area (Å²) in [6.45, 7) is -0.103. The van der Waals surface area contributed by atoms with Crippen LogP contribution in [0.5, 0.6) is 0 Å². The van der Waals surface area contributed by atoms with Crippen LogP contribution in [0, 0.1) is 0 Å². The summed E-state index contributed by atoms with van der Waals surface area (Å²) in [5, 5.41) is 14.5. The van der Waals surface area contributed by atoms with Crippen LogP contribution in [-0.4, -0.2) is 21.8 Å². The zero-order valence-corrected chi connectivity index (χ0v) is 10.6. The molecule has 6 heteroatoms. The Hall–Kier alpha value is -0.530. The molecule has 2 amide bonds. The molecule has 0 aromatic heterocycles. The molecule has 0 heterocycles. The lowest BCUT2D eigenvalue weighted by atomic mass is 10.3. The average molecular weight is 341 g/mol. The van der Waals surface area contributed by atoms with E-state index in [1.54, 1.807) is 24.3 Å². The van der Waals surface area contributed by atoms with Gasteiger partial charge in [0.2, 0.25) is 0 Å². The van der Waals surface area contributed by atoms with Crippen LogP contribution in [0.1, 0.15) is 0 Å². The first-order valence-electron chi connectivity index (χ1n) is 4.20. The first-order chi connectivity index (χ1) is 7.11. The summed E-state index contributed by atoms with van der Waals surface area (Å²) in [6, 6.07) is 6.41. The highest BCUT2D eigenvalue weighted by atomic mass is 127. The Morgan fingerprint density at radius 1 is 1.47 bits per heavy atom. The Balaban J connectivity index is 2.48. The smallest absolute Gasteiger partial charge is 0.320 e. The second-order valence-electron chi connectivity index (χ2n) is 2.76. The van der Waals surface area contributed by atoms with Gasteiger partial charge < -0.3 is 15.7 Å². The number of halogens is 2. The van der Waals surface area contributed by atoms with Gasteiger partial charge in [0, 0.05) is 10.7 Å². The van der Waals surface area contributed by atoms with Crippen molar-refractivity contribution in [3.05, 3.63) is 29.3 Å². The number of hydrogen-bond acceptors (Lipinski definition) is 2. The van der Waals surface area contributed by atoms with Crippen LogP contribution in [0.15, 0.2) is 24.3 Å². The van der Waals surface area contributed by atoms with Crippen LogP contribution in [0.2, 0.25) is 5.02 Å². The summed E-state index contributed by atoms with van der Waals surface area (Å²) in [5.41, 5.74) is 0.651. The van der Waals surface area contributed by atoms with Gasteiger partial charge in [0.1, 0.15) is 4.05 Å². The highest BCUT2D eigenvalue weighted by Gasteiger charge is 2.06. The van der Waals surface area contributed by atoms with Crippen LogP contribution in [0.25, 0.3) is 0 Å². The second kappa shape index (κ2) is 6.14. The van der Waals surface area contributed by atoms with Crippen LogP contribution in [0.3, 0.4) is 0 Å². The number of amides is 2. The van der Waals surface area contributed by atoms with Crippen LogP contribution in [-0.2, 0) is 0 Å². The quantitative estimate of drug-likeness (QED) is 0.449. The number of carbonyl (C=O) groups excluding carboxylic acids is 1. The molecule has 0 radical (unpaired) electrons. The molecule has 0 spiro atoms. The van der Waals surface area contributed by atoms with E-state index < -0.39 is 0 Å². The van der Waals surface area contributed by atoms with Gasteiger partial charge in [0.05, 0.1) is 6.61 Å². The van der Waals surface area contributed by atoms with Crippen molar-refractivity contribution in [3.8, 4) is 0 Å². The standard InChI is InChI=1S/C9H10ClIN2O2/c10-6-1-3-7(4-2-6)12-9(15)13-8(11)5-14/h1-4,8,14H,5H2,(H2,12,13,15)/t8-/m1/s1. The fourth-order valence-corrected chi connectivity index (χ4v) is 1.30.